The minimum Gasteiger partial charge on any atom is -0.294 e. The van der Waals surface area contributed by atoms with Gasteiger partial charge in [-0.25, -0.2) is 0 Å². The lowest BCUT2D eigenvalue weighted by Gasteiger charge is -1.98. The Bertz CT molecular complexity index is 300. The predicted octanol–water partition coefficient (Wildman–Crippen LogP) is 2.50. The smallest absolute Gasteiger partial charge is 0.166 e. The molecule has 0 heterocycles. The Hall–Kier alpha value is -1.02. The van der Waals surface area contributed by atoms with E-state index in [1.165, 1.54) is 16.5 Å². The summed E-state index contributed by atoms with van der Waals surface area (Å²) in [5.41, 5.74) is 2.43. The van der Waals surface area contributed by atoms with E-state index in [1.807, 2.05) is 19.1 Å². The number of hydrogen-bond donors (Lipinski definition) is 0. The van der Waals surface area contributed by atoms with Crippen LogP contribution in [-0.4, -0.2) is 11.2 Å². The lowest BCUT2D eigenvalue weighted by Crippen LogP contribution is -1.99. The van der Waals surface area contributed by atoms with Crippen molar-refractivity contribution in [2.45, 2.75) is 19.8 Å². The van der Waals surface area contributed by atoms with Gasteiger partial charge in [0.2, 0.25) is 0 Å². The normalized spacial score (nSPS) is 9.62. The highest BCUT2D eigenvalue weighted by atomic mass is 32.1. The van der Waals surface area contributed by atoms with Crippen molar-refractivity contribution in [3.05, 3.63) is 35.4 Å². The largest absolute Gasteiger partial charge is 0.294 e. The predicted molar refractivity (Wildman–Crippen MR) is 58.2 cm³/mol. The van der Waals surface area contributed by atoms with E-state index in [4.69, 9.17) is 0 Å². The van der Waals surface area contributed by atoms with Crippen molar-refractivity contribution in [1.29, 1.82) is 0 Å². The number of hydrogen-bond acceptors (Lipinski definition) is 2. The van der Waals surface area contributed by atoms with E-state index in [9.17, 15) is 4.79 Å². The molecule has 0 saturated carbocycles. The molecule has 0 N–H and O–H groups in total. The lowest BCUT2D eigenvalue weighted by molar-refractivity contribution is -0.112. The molecule has 0 aliphatic heterocycles. The van der Waals surface area contributed by atoms with Crippen molar-refractivity contribution < 1.29 is 4.79 Å². The highest BCUT2D eigenvalue weighted by Crippen LogP contribution is 2.05. The number of Topliss-reactive ketones (excluding diaryl/α,β-unsaturated/α-hetero) is 1. The van der Waals surface area contributed by atoms with Crippen LogP contribution in [0.4, 0.5) is 0 Å². The highest BCUT2D eigenvalue weighted by molar-refractivity contribution is 7.80. The molecule has 0 fully saturated rings. The molecule has 0 aliphatic carbocycles. The molecule has 1 nitrogen and oxygen atoms in total. The van der Waals surface area contributed by atoms with E-state index in [0.29, 0.717) is 6.42 Å². The van der Waals surface area contributed by atoms with E-state index < -0.39 is 0 Å². The van der Waals surface area contributed by atoms with Crippen molar-refractivity contribution in [3.63, 3.8) is 0 Å². The minimum absolute atomic E-state index is 0.0376. The van der Waals surface area contributed by atoms with Crippen LogP contribution in [0, 0.1) is 6.92 Å². The number of aryl methyl sites for hydroxylation is 2. The maximum Gasteiger partial charge on any atom is 0.166 e. The fraction of sp³-hybridized carbons (Fsp3) is 0.273. The molecular weight excluding hydrogens is 180 g/mol. The Morgan fingerprint density at radius 1 is 1.38 bits per heavy atom. The van der Waals surface area contributed by atoms with Gasteiger partial charge in [0, 0.05) is 11.8 Å². The number of rotatable bonds is 4. The molecule has 0 radical (unpaired) electrons. The lowest BCUT2D eigenvalue weighted by atomic mass is 10.1. The van der Waals surface area contributed by atoms with Crippen LogP contribution in [0.1, 0.15) is 17.5 Å². The van der Waals surface area contributed by atoms with Gasteiger partial charge in [0.25, 0.3) is 0 Å². The zero-order chi connectivity index (χ0) is 9.68. The Morgan fingerprint density at radius 3 is 2.54 bits per heavy atom. The number of thiocarbonyl (C=S) groups is 1. The topological polar surface area (TPSA) is 17.1 Å². The van der Waals surface area contributed by atoms with E-state index in [2.05, 4.69) is 24.4 Å². The minimum atomic E-state index is 0.0376. The van der Waals surface area contributed by atoms with Gasteiger partial charge in [-0.3, -0.25) is 4.79 Å². The van der Waals surface area contributed by atoms with Gasteiger partial charge in [0.05, 0.1) is 0 Å². The molecule has 0 saturated heterocycles. The molecule has 0 aliphatic rings. The first-order valence-corrected chi connectivity index (χ1v) is 4.73. The van der Waals surface area contributed by atoms with Gasteiger partial charge < -0.3 is 0 Å². The quantitative estimate of drug-likeness (QED) is 0.682. The highest BCUT2D eigenvalue weighted by Gasteiger charge is 1.97. The zero-order valence-corrected chi connectivity index (χ0v) is 8.43. The molecular formula is C11H12OS. The summed E-state index contributed by atoms with van der Waals surface area (Å²) in [5, 5.41) is 1.22. The van der Waals surface area contributed by atoms with E-state index in [-0.39, 0.29) is 5.78 Å². The molecule has 0 aromatic heterocycles. The average Bonchev–Trinajstić information content (AvgIpc) is 2.16. The number of carbonyl (C=O) groups is 1. The summed E-state index contributed by atoms with van der Waals surface area (Å²) < 4.78 is 0. The third-order valence-electron chi connectivity index (χ3n) is 1.91. The first kappa shape index (κ1) is 10.1. The SMILES string of the molecule is Cc1ccc(CCC(=O)C=S)cc1. The van der Waals surface area contributed by atoms with Gasteiger partial charge in [-0.1, -0.05) is 42.0 Å². The fourth-order valence-corrected chi connectivity index (χ4v) is 1.20. The van der Waals surface area contributed by atoms with Gasteiger partial charge in [-0.05, 0) is 18.9 Å². The van der Waals surface area contributed by atoms with Crippen LogP contribution in [0.5, 0.6) is 0 Å². The molecule has 68 valence electrons. The number of benzene rings is 1. The maximum absolute atomic E-state index is 10.9. The molecule has 0 unspecified atom stereocenters. The monoisotopic (exact) mass is 192 g/mol. The summed E-state index contributed by atoms with van der Waals surface area (Å²) in [6.45, 7) is 2.05. The summed E-state index contributed by atoms with van der Waals surface area (Å²) in [6.07, 6.45) is 1.30. The molecule has 0 bridgehead atoms. The Morgan fingerprint density at radius 2 is 2.00 bits per heavy atom. The standard InChI is InChI=1S/C11H12OS/c1-9-2-4-10(5-3-9)6-7-11(12)8-13/h2-5,8H,6-7H2,1H3. The third-order valence-corrected chi connectivity index (χ3v) is 2.18. The molecule has 2 heteroatoms. The fourth-order valence-electron chi connectivity index (χ4n) is 1.08. The first-order valence-electron chi connectivity index (χ1n) is 4.26. The summed E-state index contributed by atoms with van der Waals surface area (Å²) in [6, 6.07) is 8.20. The van der Waals surface area contributed by atoms with Crippen LogP contribution in [0.15, 0.2) is 24.3 Å². The molecule has 1 aromatic carbocycles. The molecule has 0 amide bonds. The van der Waals surface area contributed by atoms with Crippen molar-refractivity contribution in [3.8, 4) is 0 Å². The van der Waals surface area contributed by atoms with Crippen LogP contribution in [-0.2, 0) is 11.2 Å². The number of ketones is 1. The Kier molecular flexibility index (Phi) is 3.77. The molecule has 13 heavy (non-hydrogen) atoms. The zero-order valence-electron chi connectivity index (χ0n) is 7.62. The summed E-state index contributed by atoms with van der Waals surface area (Å²) in [7, 11) is 0. The summed E-state index contributed by atoms with van der Waals surface area (Å²) >= 11 is 4.54. The van der Waals surface area contributed by atoms with Gasteiger partial charge in [0.15, 0.2) is 5.78 Å². The van der Waals surface area contributed by atoms with Crippen LogP contribution in [0.2, 0.25) is 0 Å². The second-order valence-corrected chi connectivity index (χ2v) is 3.31. The maximum atomic E-state index is 10.9. The van der Waals surface area contributed by atoms with Crippen LogP contribution >= 0.6 is 12.2 Å². The van der Waals surface area contributed by atoms with Crippen LogP contribution in [0.3, 0.4) is 0 Å². The Labute approximate surface area is 83.8 Å². The second kappa shape index (κ2) is 4.87. The van der Waals surface area contributed by atoms with Crippen molar-refractivity contribution in [2.24, 2.45) is 0 Å². The van der Waals surface area contributed by atoms with Crippen molar-refractivity contribution in [1.82, 2.24) is 0 Å². The average molecular weight is 192 g/mol. The molecule has 0 atom stereocenters. The van der Waals surface area contributed by atoms with Crippen molar-refractivity contribution >= 4 is 23.4 Å². The summed E-state index contributed by atoms with van der Waals surface area (Å²) in [4.78, 5) is 10.9. The molecule has 1 rings (SSSR count). The van der Waals surface area contributed by atoms with E-state index in [1.54, 1.807) is 0 Å². The van der Waals surface area contributed by atoms with Crippen LogP contribution in [0.25, 0.3) is 0 Å². The van der Waals surface area contributed by atoms with Gasteiger partial charge >= 0.3 is 0 Å². The van der Waals surface area contributed by atoms with Gasteiger partial charge in [-0.15, -0.1) is 0 Å². The van der Waals surface area contributed by atoms with Crippen LogP contribution < -0.4 is 0 Å². The van der Waals surface area contributed by atoms with E-state index in [0.717, 1.165) is 6.42 Å². The Balaban J connectivity index is 2.50. The summed E-state index contributed by atoms with van der Waals surface area (Å²) in [5.74, 6) is 0.0376. The van der Waals surface area contributed by atoms with Crippen molar-refractivity contribution in [2.75, 3.05) is 0 Å². The van der Waals surface area contributed by atoms with Gasteiger partial charge in [-0.2, -0.15) is 0 Å². The molecule has 1 aromatic rings. The first-order chi connectivity index (χ1) is 6.22. The van der Waals surface area contributed by atoms with Gasteiger partial charge in [0.1, 0.15) is 0 Å². The number of carbonyl (C=O) groups excluding carboxylic acids is 1. The second-order valence-electron chi connectivity index (χ2n) is 3.07. The molecule has 0 spiro atoms. The van der Waals surface area contributed by atoms with E-state index >= 15 is 0 Å². The third kappa shape index (κ3) is 3.47.